The fraction of sp³-hybridized carbons (Fsp3) is 0.765. The van der Waals surface area contributed by atoms with Crippen molar-refractivity contribution in [3.63, 3.8) is 0 Å². The summed E-state index contributed by atoms with van der Waals surface area (Å²) >= 11 is 3.05. The number of hydrogen-bond acceptors (Lipinski definition) is 7. The zero-order valence-electron chi connectivity index (χ0n) is 16.3. The van der Waals surface area contributed by atoms with Gasteiger partial charge in [0.15, 0.2) is 0 Å². The summed E-state index contributed by atoms with van der Waals surface area (Å²) in [4.78, 5) is 50.2. The van der Waals surface area contributed by atoms with Crippen molar-refractivity contribution in [1.29, 1.82) is 0 Å². The number of thioether (sulfide) groups is 2. The van der Waals surface area contributed by atoms with Gasteiger partial charge in [0.2, 0.25) is 17.7 Å². The van der Waals surface area contributed by atoms with Gasteiger partial charge < -0.3 is 26.4 Å². The lowest BCUT2D eigenvalue weighted by Gasteiger charge is -2.29. The molecule has 0 aromatic rings. The molecule has 3 atom stereocenters. The van der Waals surface area contributed by atoms with E-state index in [0.717, 1.165) is 0 Å². The number of nitrogens with two attached hydrogens (primary N) is 1. The van der Waals surface area contributed by atoms with Crippen LogP contribution in [0.3, 0.4) is 0 Å². The fourth-order valence-corrected chi connectivity index (χ4v) is 3.95. The number of carboxylic acids is 1. The van der Waals surface area contributed by atoms with Gasteiger partial charge in [0.05, 0.1) is 6.54 Å². The number of amides is 3. The molecule has 1 aliphatic heterocycles. The van der Waals surface area contributed by atoms with Crippen LogP contribution < -0.4 is 16.4 Å². The Kier molecular flexibility index (Phi) is 11.3. The molecule has 0 radical (unpaired) electrons. The van der Waals surface area contributed by atoms with Crippen LogP contribution >= 0.6 is 23.5 Å². The summed E-state index contributed by atoms with van der Waals surface area (Å²) in [6, 6.07) is -2.46. The van der Waals surface area contributed by atoms with Gasteiger partial charge in [0, 0.05) is 6.54 Å². The van der Waals surface area contributed by atoms with Crippen LogP contribution in [0.15, 0.2) is 0 Å². The molecule has 1 heterocycles. The third-order valence-corrected chi connectivity index (χ3v) is 5.78. The van der Waals surface area contributed by atoms with Gasteiger partial charge in [-0.05, 0) is 49.7 Å². The van der Waals surface area contributed by atoms with Crippen LogP contribution in [0.2, 0.25) is 0 Å². The molecule has 0 saturated carbocycles. The summed E-state index contributed by atoms with van der Waals surface area (Å²) in [5.41, 5.74) is 5.34. The number of aliphatic carboxylic acids is 1. The average molecular weight is 435 g/mol. The molecular weight excluding hydrogens is 404 g/mol. The highest BCUT2D eigenvalue weighted by atomic mass is 32.2. The second kappa shape index (κ2) is 12.9. The van der Waals surface area contributed by atoms with Gasteiger partial charge in [-0.3, -0.25) is 14.4 Å². The summed E-state index contributed by atoms with van der Waals surface area (Å²) < 4.78 is 0. The lowest BCUT2D eigenvalue weighted by atomic mass is 10.1. The number of carbonyl (C=O) groups excluding carboxylic acids is 3. The molecule has 1 aliphatic rings. The maximum absolute atomic E-state index is 13.0. The predicted molar refractivity (Wildman–Crippen MR) is 111 cm³/mol. The zero-order valence-corrected chi connectivity index (χ0v) is 17.9. The van der Waals surface area contributed by atoms with Crippen molar-refractivity contribution >= 4 is 47.2 Å². The van der Waals surface area contributed by atoms with Crippen molar-refractivity contribution in [3.05, 3.63) is 0 Å². The molecule has 0 aromatic heterocycles. The molecule has 160 valence electrons. The Hall–Kier alpha value is -1.46. The molecule has 1 fully saturated rings. The van der Waals surface area contributed by atoms with E-state index in [9.17, 15) is 24.3 Å². The highest BCUT2D eigenvalue weighted by Crippen LogP contribution is 2.20. The summed E-state index contributed by atoms with van der Waals surface area (Å²) in [5.74, 6) is -1.04. The molecular formula is C17H30N4O5S2. The second-order valence-corrected chi connectivity index (χ2v) is 8.45. The maximum atomic E-state index is 13.0. The fourth-order valence-electron chi connectivity index (χ4n) is 3.01. The number of likely N-dealkylation sites (tertiary alicyclic amines) is 1. The molecule has 0 spiro atoms. The van der Waals surface area contributed by atoms with Gasteiger partial charge in [0.25, 0.3) is 0 Å². The van der Waals surface area contributed by atoms with Crippen LogP contribution in [0.1, 0.15) is 25.7 Å². The van der Waals surface area contributed by atoms with Crippen LogP contribution in [-0.2, 0) is 19.2 Å². The quantitative estimate of drug-likeness (QED) is 0.322. The Morgan fingerprint density at radius 1 is 1.11 bits per heavy atom. The van der Waals surface area contributed by atoms with E-state index in [1.165, 1.54) is 16.7 Å². The van der Waals surface area contributed by atoms with Crippen LogP contribution in [0.4, 0.5) is 0 Å². The van der Waals surface area contributed by atoms with Gasteiger partial charge in [-0.25, -0.2) is 4.79 Å². The Morgan fingerprint density at radius 2 is 1.71 bits per heavy atom. The van der Waals surface area contributed by atoms with E-state index in [4.69, 9.17) is 5.73 Å². The van der Waals surface area contributed by atoms with E-state index in [-0.39, 0.29) is 12.5 Å². The highest BCUT2D eigenvalue weighted by Gasteiger charge is 2.38. The molecule has 1 rings (SSSR count). The molecule has 9 nitrogen and oxygen atoms in total. The first-order valence-corrected chi connectivity index (χ1v) is 11.9. The number of carbonyl (C=O) groups is 4. The normalized spacial score (nSPS) is 18.4. The number of nitrogens with zero attached hydrogens (tertiary/aromatic N) is 1. The first kappa shape index (κ1) is 24.6. The van der Waals surface area contributed by atoms with Crippen LogP contribution in [0, 0.1) is 0 Å². The number of carboxylic acid groups (broad SMARTS) is 1. The Morgan fingerprint density at radius 3 is 2.25 bits per heavy atom. The molecule has 1 saturated heterocycles. The molecule has 3 unspecified atom stereocenters. The van der Waals surface area contributed by atoms with Crippen molar-refractivity contribution in [2.45, 2.75) is 43.8 Å². The summed E-state index contributed by atoms with van der Waals surface area (Å²) in [7, 11) is 0. The average Bonchev–Trinajstić information content (AvgIpc) is 3.17. The minimum absolute atomic E-state index is 0.220. The van der Waals surface area contributed by atoms with Crippen molar-refractivity contribution < 1.29 is 24.3 Å². The topological polar surface area (TPSA) is 142 Å². The van der Waals surface area contributed by atoms with E-state index in [0.29, 0.717) is 43.7 Å². The van der Waals surface area contributed by atoms with Gasteiger partial charge in [0.1, 0.15) is 18.1 Å². The smallest absolute Gasteiger partial charge is 0.326 e. The third-order valence-electron chi connectivity index (χ3n) is 4.49. The second-order valence-electron chi connectivity index (χ2n) is 6.48. The molecule has 11 heteroatoms. The minimum atomic E-state index is -1.09. The van der Waals surface area contributed by atoms with Gasteiger partial charge in [-0.2, -0.15) is 23.5 Å². The van der Waals surface area contributed by atoms with Gasteiger partial charge >= 0.3 is 5.97 Å². The molecule has 0 aromatic carbocycles. The molecule has 3 amide bonds. The Bertz CT molecular complexity index is 564. The molecule has 0 aliphatic carbocycles. The SMILES string of the molecule is CSCCC(NC(=O)C1CCCN1C(=O)C(CCSC)NC(=O)CN)C(=O)O. The van der Waals surface area contributed by atoms with Gasteiger partial charge in [-0.15, -0.1) is 0 Å². The summed E-state index contributed by atoms with van der Waals surface area (Å²) in [6.07, 6.45) is 5.62. The lowest BCUT2D eigenvalue weighted by Crippen LogP contribution is -2.56. The monoisotopic (exact) mass is 434 g/mol. The largest absolute Gasteiger partial charge is 0.480 e. The van der Waals surface area contributed by atoms with E-state index >= 15 is 0 Å². The number of nitrogens with one attached hydrogen (secondary N) is 2. The molecule has 0 bridgehead atoms. The summed E-state index contributed by atoms with van der Waals surface area (Å²) in [5, 5.41) is 14.5. The first-order chi connectivity index (χ1) is 13.3. The lowest BCUT2D eigenvalue weighted by molar-refractivity contribution is -0.144. The number of hydrogen-bond donors (Lipinski definition) is 4. The van der Waals surface area contributed by atoms with Crippen molar-refractivity contribution in [1.82, 2.24) is 15.5 Å². The zero-order chi connectivity index (χ0) is 21.1. The van der Waals surface area contributed by atoms with Gasteiger partial charge in [-0.1, -0.05) is 0 Å². The van der Waals surface area contributed by atoms with Crippen LogP contribution in [0.25, 0.3) is 0 Å². The van der Waals surface area contributed by atoms with Crippen molar-refractivity contribution in [3.8, 4) is 0 Å². The van der Waals surface area contributed by atoms with Crippen LogP contribution in [-0.4, -0.2) is 88.9 Å². The third kappa shape index (κ3) is 7.51. The molecule has 28 heavy (non-hydrogen) atoms. The van der Waals surface area contributed by atoms with E-state index in [1.54, 1.807) is 11.8 Å². The molecule has 5 N–H and O–H groups in total. The first-order valence-electron chi connectivity index (χ1n) is 9.16. The highest BCUT2D eigenvalue weighted by molar-refractivity contribution is 7.98. The van der Waals surface area contributed by atoms with Crippen molar-refractivity contribution in [2.24, 2.45) is 5.73 Å². The Labute approximate surface area is 173 Å². The van der Waals surface area contributed by atoms with Crippen LogP contribution in [0.5, 0.6) is 0 Å². The van der Waals surface area contributed by atoms with Crippen molar-refractivity contribution in [2.75, 3.05) is 37.1 Å². The predicted octanol–water partition coefficient (Wildman–Crippen LogP) is -0.503. The number of rotatable bonds is 12. The maximum Gasteiger partial charge on any atom is 0.326 e. The minimum Gasteiger partial charge on any atom is -0.480 e. The van der Waals surface area contributed by atoms with E-state index < -0.39 is 35.9 Å². The van der Waals surface area contributed by atoms with E-state index in [1.807, 2.05) is 12.5 Å². The standard InChI is InChI=1S/C17H30N4O5S2/c1-27-8-5-11(19-14(22)10-18)16(24)21-7-3-4-13(21)15(23)20-12(17(25)26)6-9-28-2/h11-13H,3-10,18H2,1-2H3,(H,19,22)(H,20,23)(H,25,26). The Balaban J connectivity index is 2.83. The summed E-state index contributed by atoms with van der Waals surface area (Å²) in [6.45, 7) is 0.177. The van der Waals surface area contributed by atoms with E-state index in [2.05, 4.69) is 10.6 Å².